The minimum absolute atomic E-state index is 0.997. The Balaban J connectivity index is 2.53. The van der Waals surface area contributed by atoms with Gasteiger partial charge in [-0.05, 0) is 30.7 Å². The van der Waals surface area contributed by atoms with Crippen LogP contribution in [0.3, 0.4) is 0 Å². The van der Waals surface area contributed by atoms with Crippen LogP contribution >= 0.6 is 0 Å². The first kappa shape index (κ1) is 10.2. The molecule has 0 aliphatic rings. The Bertz CT molecular complexity index is 704. The molecule has 1 aromatic heterocycles. The number of nitrogens with zero attached hydrogens (tertiary/aromatic N) is 1. The third kappa shape index (κ3) is 1.39. The van der Waals surface area contributed by atoms with E-state index in [0.717, 1.165) is 6.54 Å². The van der Waals surface area contributed by atoms with Gasteiger partial charge in [0.1, 0.15) is 0 Å². The summed E-state index contributed by atoms with van der Waals surface area (Å²) in [6.45, 7) is 7.02. The SMILES string of the molecule is C=Cc1ccc2c(c1)c1ccccc1n2CC. The lowest BCUT2D eigenvalue weighted by Crippen LogP contribution is -1.92. The zero-order chi connectivity index (χ0) is 11.8. The van der Waals surface area contributed by atoms with Gasteiger partial charge in [0.15, 0.2) is 0 Å². The summed E-state index contributed by atoms with van der Waals surface area (Å²) in [7, 11) is 0. The van der Waals surface area contributed by atoms with Gasteiger partial charge in [-0.3, -0.25) is 0 Å². The highest BCUT2D eigenvalue weighted by Crippen LogP contribution is 2.29. The van der Waals surface area contributed by atoms with Gasteiger partial charge in [-0.1, -0.05) is 36.9 Å². The maximum Gasteiger partial charge on any atom is 0.0491 e. The third-order valence-corrected chi connectivity index (χ3v) is 3.35. The molecule has 3 aromatic rings. The minimum Gasteiger partial charge on any atom is -0.341 e. The molecule has 3 rings (SSSR count). The Morgan fingerprint density at radius 3 is 2.59 bits per heavy atom. The van der Waals surface area contributed by atoms with Gasteiger partial charge in [0.2, 0.25) is 0 Å². The van der Waals surface area contributed by atoms with Crippen LogP contribution in [0, 0.1) is 0 Å². The van der Waals surface area contributed by atoms with Gasteiger partial charge in [0.05, 0.1) is 0 Å². The molecule has 1 nitrogen and oxygen atoms in total. The van der Waals surface area contributed by atoms with Crippen LogP contribution in [0.5, 0.6) is 0 Å². The number of para-hydroxylation sites is 1. The van der Waals surface area contributed by atoms with Gasteiger partial charge in [-0.15, -0.1) is 0 Å². The summed E-state index contributed by atoms with van der Waals surface area (Å²) in [6.07, 6.45) is 1.90. The predicted octanol–water partition coefficient (Wildman–Crippen LogP) is 4.46. The summed E-state index contributed by atoms with van der Waals surface area (Å²) in [6, 6.07) is 15.1. The number of hydrogen-bond acceptors (Lipinski definition) is 0. The number of benzene rings is 2. The zero-order valence-electron chi connectivity index (χ0n) is 9.98. The van der Waals surface area contributed by atoms with E-state index in [1.54, 1.807) is 0 Å². The molecular formula is C16H15N. The zero-order valence-corrected chi connectivity index (χ0v) is 9.98. The van der Waals surface area contributed by atoms with Crippen molar-refractivity contribution in [3.63, 3.8) is 0 Å². The number of aryl methyl sites for hydroxylation is 1. The normalized spacial score (nSPS) is 11.1. The molecule has 1 heteroatoms. The lowest BCUT2D eigenvalue weighted by atomic mass is 10.1. The van der Waals surface area contributed by atoms with Gasteiger partial charge in [0.25, 0.3) is 0 Å². The fourth-order valence-electron chi connectivity index (χ4n) is 2.54. The minimum atomic E-state index is 0.997. The van der Waals surface area contributed by atoms with E-state index in [4.69, 9.17) is 0 Å². The van der Waals surface area contributed by atoms with Crippen LogP contribution in [0.25, 0.3) is 27.9 Å². The fourth-order valence-corrected chi connectivity index (χ4v) is 2.54. The Kier molecular flexibility index (Phi) is 2.25. The molecule has 2 aromatic carbocycles. The molecule has 1 heterocycles. The number of fused-ring (bicyclic) bond motifs is 3. The largest absolute Gasteiger partial charge is 0.341 e. The maximum atomic E-state index is 3.84. The van der Waals surface area contributed by atoms with E-state index in [1.165, 1.54) is 27.4 Å². The van der Waals surface area contributed by atoms with Crippen molar-refractivity contribution in [2.45, 2.75) is 13.5 Å². The maximum absolute atomic E-state index is 3.84. The number of rotatable bonds is 2. The Hall–Kier alpha value is -2.02. The van der Waals surface area contributed by atoms with Crippen molar-refractivity contribution in [3.05, 3.63) is 54.6 Å². The van der Waals surface area contributed by atoms with Gasteiger partial charge in [-0.2, -0.15) is 0 Å². The van der Waals surface area contributed by atoms with Gasteiger partial charge >= 0.3 is 0 Å². The second-order valence-corrected chi connectivity index (χ2v) is 4.24. The van der Waals surface area contributed by atoms with Crippen molar-refractivity contribution in [1.82, 2.24) is 4.57 Å². The molecule has 17 heavy (non-hydrogen) atoms. The van der Waals surface area contributed by atoms with Crippen LogP contribution < -0.4 is 0 Å². The monoisotopic (exact) mass is 221 g/mol. The molecule has 0 spiro atoms. The summed E-state index contributed by atoms with van der Waals surface area (Å²) in [5, 5.41) is 2.65. The first-order valence-corrected chi connectivity index (χ1v) is 5.98. The highest BCUT2D eigenvalue weighted by molar-refractivity contribution is 6.08. The molecule has 0 bridgehead atoms. The van der Waals surface area contributed by atoms with E-state index in [-0.39, 0.29) is 0 Å². The van der Waals surface area contributed by atoms with Crippen LogP contribution in [-0.4, -0.2) is 4.57 Å². The van der Waals surface area contributed by atoms with E-state index >= 15 is 0 Å². The van der Waals surface area contributed by atoms with E-state index in [9.17, 15) is 0 Å². The number of hydrogen-bond donors (Lipinski definition) is 0. The van der Waals surface area contributed by atoms with Crippen molar-refractivity contribution in [2.24, 2.45) is 0 Å². The molecule has 0 N–H and O–H groups in total. The van der Waals surface area contributed by atoms with Crippen LogP contribution in [-0.2, 0) is 6.54 Å². The van der Waals surface area contributed by atoms with Crippen LogP contribution in [0.15, 0.2) is 49.0 Å². The van der Waals surface area contributed by atoms with Crippen LogP contribution in [0.4, 0.5) is 0 Å². The third-order valence-electron chi connectivity index (χ3n) is 3.35. The van der Waals surface area contributed by atoms with E-state index in [2.05, 4.69) is 60.5 Å². The highest BCUT2D eigenvalue weighted by atomic mass is 15.0. The molecule has 0 unspecified atom stereocenters. The second kappa shape index (κ2) is 3.77. The lowest BCUT2D eigenvalue weighted by Gasteiger charge is -2.02. The highest BCUT2D eigenvalue weighted by Gasteiger charge is 2.08. The first-order chi connectivity index (χ1) is 8.35. The topological polar surface area (TPSA) is 4.93 Å². The van der Waals surface area contributed by atoms with Crippen molar-refractivity contribution in [2.75, 3.05) is 0 Å². The number of aromatic nitrogens is 1. The summed E-state index contributed by atoms with van der Waals surface area (Å²) < 4.78 is 2.36. The predicted molar refractivity (Wildman–Crippen MR) is 75.2 cm³/mol. The lowest BCUT2D eigenvalue weighted by molar-refractivity contribution is 0.827. The van der Waals surface area contributed by atoms with E-state index in [1.807, 2.05) is 6.08 Å². The fraction of sp³-hybridized carbons (Fsp3) is 0.125. The average Bonchev–Trinajstić information content (AvgIpc) is 2.71. The molecule has 0 amide bonds. The smallest absolute Gasteiger partial charge is 0.0491 e. The molecule has 0 aliphatic carbocycles. The van der Waals surface area contributed by atoms with Crippen molar-refractivity contribution in [3.8, 4) is 0 Å². The van der Waals surface area contributed by atoms with E-state index in [0.29, 0.717) is 0 Å². The molecule has 0 atom stereocenters. The molecule has 0 fully saturated rings. The summed E-state index contributed by atoms with van der Waals surface area (Å²) in [5.74, 6) is 0. The van der Waals surface area contributed by atoms with Crippen LogP contribution in [0.1, 0.15) is 12.5 Å². The molecule has 0 aliphatic heterocycles. The average molecular weight is 221 g/mol. The van der Waals surface area contributed by atoms with Crippen LogP contribution in [0.2, 0.25) is 0 Å². The molecule has 0 radical (unpaired) electrons. The summed E-state index contributed by atoms with van der Waals surface area (Å²) >= 11 is 0. The van der Waals surface area contributed by atoms with Crippen molar-refractivity contribution < 1.29 is 0 Å². The molecule has 0 saturated heterocycles. The second-order valence-electron chi connectivity index (χ2n) is 4.24. The summed E-state index contributed by atoms with van der Waals surface area (Å²) in [4.78, 5) is 0. The van der Waals surface area contributed by atoms with Gasteiger partial charge in [-0.25, -0.2) is 0 Å². The summed E-state index contributed by atoms with van der Waals surface area (Å²) in [5.41, 5.74) is 3.79. The van der Waals surface area contributed by atoms with Crippen molar-refractivity contribution >= 4 is 27.9 Å². The quantitative estimate of drug-likeness (QED) is 0.602. The Morgan fingerprint density at radius 2 is 1.82 bits per heavy atom. The standard InChI is InChI=1S/C16H15N/c1-3-12-9-10-16-14(11-12)13-7-5-6-8-15(13)17(16)4-2/h3,5-11H,1,4H2,2H3. The van der Waals surface area contributed by atoms with Crippen molar-refractivity contribution in [1.29, 1.82) is 0 Å². The molecule has 84 valence electrons. The molecular weight excluding hydrogens is 206 g/mol. The van der Waals surface area contributed by atoms with E-state index < -0.39 is 0 Å². The van der Waals surface area contributed by atoms with Gasteiger partial charge < -0.3 is 4.57 Å². The Morgan fingerprint density at radius 1 is 1.06 bits per heavy atom. The molecule has 0 saturated carbocycles. The van der Waals surface area contributed by atoms with Gasteiger partial charge in [0, 0.05) is 28.4 Å². The first-order valence-electron chi connectivity index (χ1n) is 5.98. The Labute approximate surface area is 101 Å².